The lowest BCUT2D eigenvalue weighted by Crippen LogP contribution is -1.97. The van der Waals surface area contributed by atoms with Gasteiger partial charge in [0, 0.05) is 5.56 Å². The number of ether oxygens (including phenoxy) is 1. The molecule has 3 aromatic carbocycles. The Morgan fingerprint density at radius 2 is 1.81 bits per heavy atom. The molecule has 0 saturated carbocycles. The number of benzene rings is 3. The molecule has 0 radical (unpaired) electrons. The monoisotopic (exact) mass is 343 g/mol. The van der Waals surface area contributed by atoms with Crippen molar-refractivity contribution >= 4 is 11.6 Å². The van der Waals surface area contributed by atoms with E-state index >= 15 is 0 Å². The Kier molecular flexibility index (Phi) is 5.46. The van der Waals surface area contributed by atoms with Crippen LogP contribution >= 0.6 is 0 Å². The molecule has 0 aliphatic rings. The molecule has 0 N–H and O–H groups in total. The summed E-state index contributed by atoms with van der Waals surface area (Å²) in [5.74, 6) is 0.310. The molecule has 0 aliphatic carbocycles. The minimum atomic E-state index is -0.368. The number of hydrogen-bond donors (Lipinski definition) is 0. The maximum absolute atomic E-state index is 13.5. The average Bonchev–Trinajstić information content (AvgIpc) is 2.66. The second-order valence-corrected chi connectivity index (χ2v) is 5.99. The fourth-order valence-corrected chi connectivity index (χ4v) is 2.57. The Bertz CT molecular complexity index is 968. The summed E-state index contributed by atoms with van der Waals surface area (Å²) in [6.45, 7) is 2.48. The molecule has 2 nitrogen and oxygen atoms in total. The highest BCUT2D eigenvalue weighted by Crippen LogP contribution is 2.25. The standard InChI is InChI=1S/C23H18FNO/c1-17-9-11-18(12-10-17)16-26-23-8-3-2-5-20(23)13-21(15-25)19-6-4-7-22(24)14-19/h2-14H,16H2,1H3/b21-13-. The Hall–Kier alpha value is -3.38. The number of halogens is 1. The molecule has 128 valence electrons. The first-order valence-corrected chi connectivity index (χ1v) is 8.31. The quantitative estimate of drug-likeness (QED) is 0.435. The van der Waals surface area contributed by atoms with E-state index in [1.807, 2.05) is 55.5 Å². The Morgan fingerprint density at radius 3 is 2.54 bits per heavy atom. The van der Waals surface area contributed by atoms with Crippen LogP contribution in [0.3, 0.4) is 0 Å². The van der Waals surface area contributed by atoms with Crippen molar-refractivity contribution in [3.63, 3.8) is 0 Å². The van der Waals surface area contributed by atoms with Crippen molar-refractivity contribution < 1.29 is 9.13 Å². The average molecular weight is 343 g/mol. The summed E-state index contributed by atoms with van der Waals surface area (Å²) in [5.41, 5.74) is 3.98. The van der Waals surface area contributed by atoms with Gasteiger partial charge < -0.3 is 4.74 Å². The van der Waals surface area contributed by atoms with Gasteiger partial charge in [-0.1, -0.05) is 60.2 Å². The first-order valence-electron chi connectivity index (χ1n) is 8.31. The number of rotatable bonds is 5. The summed E-state index contributed by atoms with van der Waals surface area (Å²) >= 11 is 0. The number of aryl methyl sites for hydroxylation is 1. The molecule has 0 aromatic heterocycles. The van der Waals surface area contributed by atoms with E-state index in [-0.39, 0.29) is 5.82 Å². The van der Waals surface area contributed by atoms with Crippen molar-refractivity contribution in [3.8, 4) is 11.8 Å². The van der Waals surface area contributed by atoms with E-state index in [9.17, 15) is 9.65 Å². The van der Waals surface area contributed by atoms with Gasteiger partial charge in [0.05, 0.1) is 11.6 Å². The van der Waals surface area contributed by atoms with E-state index in [2.05, 4.69) is 6.07 Å². The van der Waals surface area contributed by atoms with Crippen molar-refractivity contribution in [1.82, 2.24) is 0 Å². The van der Waals surface area contributed by atoms with Crippen LogP contribution in [-0.2, 0) is 6.61 Å². The molecule has 3 heteroatoms. The van der Waals surface area contributed by atoms with E-state index in [1.54, 1.807) is 18.2 Å². The van der Waals surface area contributed by atoms with Crippen LogP contribution in [0.4, 0.5) is 4.39 Å². The lowest BCUT2D eigenvalue weighted by molar-refractivity contribution is 0.305. The smallest absolute Gasteiger partial charge is 0.127 e. The molecule has 0 amide bonds. The highest BCUT2D eigenvalue weighted by atomic mass is 19.1. The number of allylic oxidation sites excluding steroid dienone is 1. The van der Waals surface area contributed by atoms with Gasteiger partial charge in [-0.05, 0) is 42.3 Å². The van der Waals surface area contributed by atoms with Crippen molar-refractivity contribution in [3.05, 3.63) is 101 Å². The van der Waals surface area contributed by atoms with E-state index in [0.717, 1.165) is 11.1 Å². The molecular weight excluding hydrogens is 325 g/mol. The van der Waals surface area contributed by atoms with Gasteiger partial charge >= 0.3 is 0 Å². The molecule has 3 rings (SSSR count). The Morgan fingerprint density at radius 1 is 1.04 bits per heavy atom. The predicted octanol–water partition coefficient (Wildman–Crippen LogP) is 5.78. The maximum atomic E-state index is 13.5. The van der Waals surface area contributed by atoms with Crippen molar-refractivity contribution in [2.24, 2.45) is 0 Å². The summed E-state index contributed by atoms with van der Waals surface area (Å²) in [4.78, 5) is 0. The second-order valence-electron chi connectivity index (χ2n) is 5.99. The van der Waals surface area contributed by atoms with Crippen LogP contribution < -0.4 is 4.74 Å². The zero-order chi connectivity index (χ0) is 18.4. The second kappa shape index (κ2) is 8.13. The van der Waals surface area contributed by atoms with Crippen LogP contribution in [-0.4, -0.2) is 0 Å². The minimum absolute atomic E-state index is 0.368. The Labute approximate surface area is 152 Å². The van der Waals surface area contributed by atoms with Gasteiger partial charge in [-0.15, -0.1) is 0 Å². The highest BCUT2D eigenvalue weighted by Gasteiger charge is 2.06. The zero-order valence-electron chi connectivity index (χ0n) is 14.4. The molecule has 0 fully saturated rings. The normalized spacial score (nSPS) is 11.0. The summed E-state index contributed by atoms with van der Waals surface area (Å²) in [5, 5.41) is 9.47. The maximum Gasteiger partial charge on any atom is 0.127 e. The molecule has 0 heterocycles. The van der Waals surface area contributed by atoms with Gasteiger partial charge in [0.2, 0.25) is 0 Å². The van der Waals surface area contributed by atoms with Gasteiger partial charge in [-0.2, -0.15) is 5.26 Å². The van der Waals surface area contributed by atoms with Crippen molar-refractivity contribution in [2.45, 2.75) is 13.5 Å². The fraction of sp³-hybridized carbons (Fsp3) is 0.0870. The lowest BCUT2D eigenvalue weighted by atomic mass is 10.0. The van der Waals surface area contributed by atoms with Crippen LogP contribution in [0.1, 0.15) is 22.3 Å². The van der Waals surface area contributed by atoms with E-state index < -0.39 is 0 Å². The summed E-state index contributed by atoms with van der Waals surface area (Å²) in [6, 6.07) is 23.8. The Balaban J connectivity index is 1.86. The topological polar surface area (TPSA) is 33.0 Å². The van der Waals surface area contributed by atoms with Crippen LogP contribution in [0.25, 0.3) is 11.6 Å². The molecule has 0 spiro atoms. The molecule has 0 aliphatic heterocycles. The van der Waals surface area contributed by atoms with Gasteiger partial charge in [-0.3, -0.25) is 0 Å². The van der Waals surface area contributed by atoms with Crippen molar-refractivity contribution in [2.75, 3.05) is 0 Å². The molecule has 3 aromatic rings. The van der Waals surface area contributed by atoms with Gasteiger partial charge in [0.15, 0.2) is 0 Å². The third-order valence-corrected chi connectivity index (χ3v) is 3.99. The fourth-order valence-electron chi connectivity index (χ4n) is 2.57. The summed E-state index contributed by atoms with van der Waals surface area (Å²) < 4.78 is 19.4. The van der Waals surface area contributed by atoms with Crippen molar-refractivity contribution in [1.29, 1.82) is 5.26 Å². The summed E-state index contributed by atoms with van der Waals surface area (Å²) in [7, 11) is 0. The third kappa shape index (κ3) is 4.37. The largest absolute Gasteiger partial charge is 0.488 e. The predicted molar refractivity (Wildman–Crippen MR) is 102 cm³/mol. The third-order valence-electron chi connectivity index (χ3n) is 3.99. The molecule has 0 unspecified atom stereocenters. The minimum Gasteiger partial charge on any atom is -0.488 e. The van der Waals surface area contributed by atoms with Crippen LogP contribution in [0.15, 0.2) is 72.8 Å². The first kappa shape index (κ1) is 17.4. The summed E-state index contributed by atoms with van der Waals surface area (Å²) in [6.07, 6.45) is 1.72. The SMILES string of the molecule is Cc1ccc(COc2ccccc2/C=C(/C#N)c2cccc(F)c2)cc1. The van der Waals surface area contributed by atoms with Gasteiger partial charge in [0.25, 0.3) is 0 Å². The lowest BCUT2D eigenvalue weighted by Gasteiger charge is -2.10. The molecule has 0 bridgehead atoms. The van der Waals surface area contributed by atoms with Crippen LogP contribution in [0.5, 0.6) is 5.75 Å². The number of para-hydroxylation sites is 1. The van der Waals surface area contributed by atoms with Gasteiger partial charge in [-0.25, -0.2) is 4.39 Å². The number of hydrogen-bond acceptors (Lipinski definition) is 2. The van der Waals surface area contributed by atoms with Gasteiger partial charge in [0.1, 0.15) is 18.2 Å². The molecule has 0 atom stereocenters. The number of nitrogens with zero attached hydrogens (tertiary/aromatic N) is 1. The molecule has 0 saturated heterocycles. The van der Waals surface area contributed by atoms with E-state index in [4.69, 9.17) is 4.74 Å². The molecular formula is C23H18FNO. The van der Waals surface area contributed by atoms with Crippen LogP contribution in [0.2, 0.25) is 0 Å². The molecule has 26 heavy (non-hydrogen) atoms. The first-order chi connectivity index (χ1) is 12.7. The zero-order valence-corrected chi connectivity index (χ0v) is 14.4. The highest BCUT2D eigenvalue weighted by molar-refractivity contribution is 5.90. The number of nitriles is 1. The van der Waals surface area contributed by atoms with Crippen LogP contribution in [0, 0.1) is 24.1 Å². The van der Waals surface area contributed by atoms with E-state index in [0.29, 0.717) is 23.5 Å². The van der Waals surface area contributed by atoms with E-state index in [1.165, 1.54) is 17.7 Å².